The molecule has 1 aromatic rings. The first kappa shape index (κ1) is 28.3. The van der Waals surface area contributed by atoms with Crippen molar-refractivity contribution in [1.29, 1.82) is 0 Å². The Morgan fingerprint density at radius 2 is 1.52 bits per heavy atom. The van der Waals surface area contributed by atoms with Crippen LogP contribution in [-0.2, 0) is 9.59 Å². The number of aryl methyl sites for hydroxylation is 1. The summed E-state index contributed by atoms with van der Waals surface area (Å²) in [5, 5.41) is 0. The zero-order valence-corrected chi connectivity index (χ0v) is 14.7. The van der Waals surface area contributed by atoms with Crippen LogP contribution in [0.3, 0.4) is 0 Å². The Bertz CT molecular complexity index is 446. The van der Waals surface area contributed by atoms with Crippen molar-refractivity contribution in [3.05, 3.63) is 35.4 Å². The monoisotopic (exact) mass is 380 g/mol. The van der Waals surface area contributed by atoms with Gasteiger partial charge in [0.15, 0.2) is 0 Å². The number of halogens is 2. The molecule has 1 atom stereocenters. The number of amides is 2. The topological polar surface area (TPSA) is 58.2 Å². The van der Waals surface area contributed by atoms with Crippen molar-refractivity contribution in [2.24, 2.45) is 0 Å². The van der Waals surface area contributed by atoms with Crippen LogP contribution in [0.1, 0.15) is 50.2 Å². The average Bonchev–Trinajstić information content (AvgIpc) is 2.48. The van der Waals surface area contributed by atoms with Gasteiger partial charge in [-0.1, -0.05) is 43.7 Å². The summed E-state index contributed by atoms with van der Waals surface area (Å²) < 4.78 is 22.7. The van der Waals surface area contributed by atoms with Crippen LogP contribution in [0.5, 0.6) is 0 Å². The molecule has 23 heavy (non-hydrogen) atoms. The molecule has 1 aromatic carbocycles. The molecule has 0 saturated heterocycles. The summed E-state index contributed by atoms with van der Waals surface area (Å²) in [4.78, 5) is 20.7. The number of carbonyl (C=O) groups excluding carboxylic acids is 2. The molecule has 0 saturated carbocycles. The number of hydrogen-bond acceptors (Lipinski definition) is 2. The van der Waals surface area contributed by atoms with Gasteiger partial charge in [0.1, 0.15) is 0 Å². The standard InChI is InChI=1S/C11H14FNO.C4H8FNO.2Ar/c1-8-3-5-10(6-4-8)9(2)7-11(14)13-12;1-2-3-4(7)6-5;;/h3-6,9H,7H2,1-2H3,(H,13,14);2-3H2,1H3,(H,6,7);;. The molecule has 0 fully saturated rings. The zero-order chi connectivity index (χ0) is 16.3. The van der Waals surface area contributed by atoms with Gasteiger partial charge in [-0.2, -0.15) is 11.1 Å². The molecule has 2 amide bonds. The molecule has 0 spiro atoms. The van der Waals surface area contributed by atoms with Crippen molar-refractivity contribution in [2.45, 2.75) is 46.0 Å². The third kappa shape index (κ3) is 14.6. The largest absolute Gasteiger partial charge is 0.273 e. The third-order valence-corrected chi connectivity index (χ3v) is 2.83. The fraction of sp³-hybridized carbons (Fsp3) is 0.467. The number of benzene rings is 1. The first-order chi connectivity index (χ1) is 9.94. The molecule has 0 radical (unpaired) electrons. The van der Waals surface area contributed by atoms with Crippen molar-refractivity contribution >= 4 is 11.8 Å². The Balaban J connectivity index is -0.000000386. The van der Waals surface area contributed by atoms with Gasteiger partial charge in [-0.15, -0.1) is 8.96 Å². The minimum Gasteiger partial charge on any atom is -0.273 e. The second-order valence-corrected chi connectivity index (χ2v) is 4.80. The van der Waals surface area contributed by atoms with Crippen molar-refractivity contribution in [3.8, 4) is 0 Å². The molecule has 2 N–H and O–H groups in total. The second-order valence-electron chi connectivity index (χ2n) is 4.80. The maximum Gasteiger partial charge on any atom is 0.248 e. The summed E-state index contributed by atoms with van der Waals surface area (Å²) in [6, 6.07) is 7.90. The van der Waals surface area contributed by atoms with Crippen LogP contribution >= 0.6 is 0 Å². The molecule has 1 rings (SSSR count). The Morgan fingerprint density at radius 1 is 1.04 bits per heavy atom. The zero-order valence-electron chi connectivity index (χ0n) is 13.3. The van der Waals surface area contributed by atoms with Crippen molar-refractivity contribution < 1.29 is 94.0 Å². The van der Waals surface area contributed by atoms with Gasteiger partial charge in [0, 0.05) is 88.3 Å². The van der Waals surface area contributed by atoms with E-state index in [4.69, 9.17) is 0 Å². The van der Waals surface area contributed by atoms with Gasteiger partial charge < -0.3 is 0 Å². The van der Waals surface area contributed by atoms with Gasteiger partial charge in [0.25, 0.3) is 0 Å². The van der Waals surface area contributed by atoms with Crippen LogP contribution in [0.2, 0.25) is 0 Å². The molecule has 134 valence electrons. The van der Waals surface area contributed by atoms with Crippen LogP contribution in [0.4, 0.5) is 8.96 Å². The number of hydrogen-bond donors (Lipinski definition) is 2. The predicted octanol–water partition coefficient (Wildman–Crippen LogP) is 3.28. The van der Waals surface area contributed by atoms with Gasteiger partial charge in [0.05, 0.1) is 0 Å². The summed E-state index contributed by atoms with van der Waals surface area (Å²) in [5.41, 5.74) is 4.40. The van der Waals surface area contributed by atoms with Crippen LogP contribution in [0.25, 0.3) is 0 Å². The van der Waals surface area contributed by atoms with E-state index in [2.05, 4.69) is 0 Å². The fourth-order valence-corrected chi connectivity index (χ4v) is 1.60. The van der Waals surface area contributed by atoms with E-state index in [1.807, 2.05) is 45.0 Å². The van der Waals surface area contributed by atoms with Crippen molar-refractivity contribution in [1.82, 2.24) is 11.1 Å². The van der Waals surface area contributed by atoms with E-state index in [0.29, 0.717) is 6.42 Å². The molecule has 0 bridgehead atoms. The molecule has 8 heteroatoms. The fourth-order valence-electron chi connectivity index (χ4n) is 1.60. The van der Waals surface area contributed by atoms with E-state index in [-0.39, 0.29) is 94.2 Å². The normalized spacial score (nSPS) is 9.96. The molecular weight excluding hydrogens is 358 g/mol. The predicted molar refractivity (Wildman–Crippen MR) is 77.6 cm³/mol. The molecule has 0 aliphatic carbocycles. The van der Waals surface area contributed by atoms with Crippen LogP contribution < -0.4 is 11.1 Å². The molecule has 1 unspecified atom stereocenters. The van der Waals surface area contributed by atoms with E-state index in [1.54, 1.807) is 0 Å². The van der Waals surface area contributed by atoms with Gasteiger partial charge in [-0.3, -0.25) is 9.59 Å². The average molecular weight is 380 g/mol. The van der Waals surface area contributed by atoms with Crippen LogP contribution in [-0.4, -0.2) is 11.8 Å². The Kier molecular flexibility index (Phi) is 21.4. The number of carbonyl (C=O) groups is 2. The maximum atomic E-state index is 11.7. The second kappa shape index (κ2) is 17.4. The minimum absolute atomic E-state index is 0. The quantitative estimate of drug-likeness (QED) is 0.771. The first-order valence-electron chi connectivity index (χ1n) is 6.80. The molecule has 0 aliphatic rings. The summed E-state index contributed by atoms with van der Waals surface area (Å²) in [7, 11) is 0. The van der Waals surface area contributed by atoms with Gasteiger partial charge in [-0.25, -0.2) is 0 Å². The molecule has 0 aliphatic heterocycles. The summed E-state index contributed by atoms with van der Waals surface area (Å²) in [6.45, 7) is 5.72. The van der Waals surface area contributed by atoms with Crippen LogP contribution in [0.15, 0.2) is 24.3 Å². The minimum atomic E-state index is -0.571. The summed E-state index contributed by atoms with van der Waals surface area (Å²) >= 11 is 0. The van der Waals surface area contributed by atoms with Crippen molar-refractivity contribution in [3.63, 3.8) is 0 Å². The molecule has 0 aromatic heterocycles. The maximum absolute atomic E-state index is 11.7. The van der Waals surface area contributed by atoms with E-state index < -0.39 is 11.8 Å². The summed E-state index contributed by atoms with van der Waals surface area (Å²) in [6.07, 6.45) is 1.14. The van der Waals surface area contributed by atoms with E-state index in [1.165, 1.54) is 5.56 Å². The van der Waals surface area contributed by atoms with E-state index in [9.17, 15) is 18.6 Å². The molecule has 4 nitrogen and oxygen atoms in total. The van der Waals surface area contributed by atoms with Gasteiger partial charge in [0.2, 0.25) is 11.8 Å². The van der Waals surface area contributed by atoms with E-state index >= 15 is 0 Å². The smallest absolute Gasteiger partial charge is 0.248 e. The Morgan fingerprint density at radius 3 is 1.87 bits per heavy atom. The summed E-state index contributed by atoms with van der Waals surface area (Å²) in [5.74, 6) is -1.06. The SMILES string of the molecule is CCCC(=O)NF.Cc1ccc(C(C)CC(=O)NF)cc1.[Ar].[Ar]. The van der Waals surface area contributed by atoms with E-state index in [0.717, 1.165) is 16.6 Å². The third-order valence-electron chi connectivity index (χ3n) is 2.83. The van der Waals surface area contributed by atoms with Crippen LogP contribution in [0, 0.1) is 82.4 Å². The molecule has 0 heterocycles. The molecular formula is C15H22Ar2F2N2O2. The van der Waals surface area contributed by atoms with Gasteiger partial charge >= 0.3 is 0 Å². The van der Waals surface area contributed by atoms with Crippen molar-refractivity contribution in [2.75, 3.05) is 0 Å². The number of nitrogens with one attached hydrogen (secondary N) is 2. The first-order valence-corrected chi connectivity index (χ1v) is 6.80. The number of rotatable bonds is 5. The van der Waals surface area contributed by atoms with Gasteiger partial charge in [-0.05, 0) is 24.8 Å². The Hall–Kier alpha value is 0.539. The Labute approximate surface area is 196 Å².